The maximum absolute atomic E-state index is 11.3. The van der Waals surface area contributed by atoms with Crippen molar-refractivity contribution >= 4 is 11.8 Å². The third-order valence-corrected chi connectivity index (χ3v) is 2.44. The second-order valence-electron chi connectivity index (χ2n) is 4.07. The first-order chi connectivity index (χ1) is 9.57. The highest BCUT2D eigenvalue weighted by atomic mass is 16.2. The van der Waals surface area contributed by atoms with Gasteiger partial charge in [0.2, 0.25) is 11.8 Å². The zero-order valence-corrected chi connectivity index (χ0v) is 11.7. The third kappa shape index (κ3) is 7.87. The Balaban J connectivity index is 4.73. The highest BCUT2D eigenvalue weighted by molar-refractivity contribution is 5.87. The zero-order valence-electron chi connectivity index (χ0n) is 11.7. The normalized spacial score (nSPS) is 13.0. The fourth-order valence-corrected chi connectivity index (χ4v) is 1.48. The molecular weight excluding hydrogens is 252 g/mol. The van der Waals surface area contributed by atoms with Crippen LogP contribution in [0.5, 0.6) is 0 Å². The van der Waals surface area contributed by atoms with Gasteiger partial charge in [0.1, 0.15) is 0 Å². The van der Waals surface area contributed by atoms with Crippen LogP contribution in [0.4, 0.5) is 0 Å². The van der Waals surface area contributed by atoms with E-state index in [1.165, 1.54) is 12.2 Å². The standard InChI is InChI=1S/C16H22N2O2/c1-5-9-13(17-15(19)7-3)11-12-14(10-6-2)18-16(20)8-4/h5-8,11-14H,1-4,9-10H2,(H,17,19)(H,18,20)/b12-11+. The molecule has 4 nitrogen and oxygen atoms in total. The Hall–Kier alpha value is -2.36. The van der Waals surface area contributed by atoms with Crippen LogP contribution in [0.3, 0.4) is 0 Å². The summed E-state index contributed by atoms with van der Waals surface area (Å²) in [6.07, 6.45) is 10.7. The Bertz CT molecular complexity index is 373. The first-order valence-electron chi connectivity index (χ1n) is 6.33. The molecule has 4 heteroatoms. The molecule has 0 aromatic rings. The lowest BCUT2D eigenvalue weighted by atomic mass is 10.1. The Morgan fingerprint density at radius 3 is 1.40 bits per heavy atom. The molecular formula is C16H22N2O2. The van der Waals surface area contributed by atoms with E-state index in [1.807, 2.05) is 12.2 Å². The minimum absolute atomic E-state index is 0.189. The van der Waals surface area contributed by atoms with Crippen LogP contribution >= 0.6 is 0 Å². The lowest BCUT2D eigenvalue weighted by Crippen LogP contribution is -2.34. The summed E-state index contributed by atoms with van der Waals surface area (Å²) in [5.41, 5.74) is 0. The van der Waals surface area contributed by atoms with Gasteiger partial charge in [-0.05, 0) is 25.0 Å². The van der Waals surface area contributed by atoms with Crippen molar-refractivity contribution in [1.82, 2.24) is 10.6 Å². The summed E-state index contributed by atoms with van der Waals surface area (Å²) in [7, 11) is 0. The first kappa shape index (κ1) is 17.6. The van der Waals surface area contributed by atoms with E-state index in [-0.39, 0.29) is 23.9 Å². The summed E-state index contributed by atoms with van der Waals surface area (Å²) in [6.45, 7) is 14.1. The van der Waals surface area contributed by atoms with Crippen molar-refractivity contribution in [3.63, 3.8) is 0 Å². The molecule has 2 N–H and O–H groups in total. The molecule has 0 heterocycles. The molecule has 0 aliphatic carbocycles. The molecule has 0 fully saturated rings. The molecule has 0 saturated heterocycles. The Morgan fingerprint density at radius 2 is 1.15 bits per heavy atom. The first-order valence-corrected chi connectivity index (χ1v) is 6.33. The van der Waals surface area contributed by atoms with Gasteiger partial charge in [0.15, 0.2) is 0 Å². The number of carbonyl (C=O) groups is 2. The minimum atomic E-state index is -0.253. The van der Waals surface area contributed by atoms with E-state index in [0.717, 1.165) is 0 Å². The van der Waals surface area contributed by atoms with Crippen LogP contribution in [0.15, 0.2) is 62.8 Å². The van der Waals surface area contributed by atoms with Gasteiger partial charge in [0.25, 0.3) is 0 Å². The van der Waals surface area contributed by atoms with Crippen molar-refractivity contribution in [2.75, 3.05) is 0 Å². The summed E-state index contributed by atoms with van der Waals surface area (Å²) in [6, 6.07) is -0.378. The predicted octanol–water partition coefficient (Wildman–Crippen LogP) is 2.04. The number of amides is 2. The fourth-order valence-electron chi connectivity index (χ4n) is 1.48. The predicted molar refractivity (Wildman–Crippen MR) is 83.0 cm³/mol. The number of carbonyl (C=O) groups excluding carboxylic acids is 2. The number of hydrogen-bond acceptors (Lipinski definition) is 2. The summed E-state index contributed by atoms with van der Waals surface area (Å²) < 4.78 is 0. The van der Waals surface area contributed by atoms with Gasteiger partial charge in [0, 0.05) is 0 Å². The molecule has 0 saturated carbocycles. The highest BCUT2D eigenvalue weighted by Crippen LogP contribution is 2.01. The van der Waals surface area contributed by atoms with E-state index in [9.17, 15) is 9.59 Å². The van der Waals surface area contributed by atoms with Crippen LogP contribution in [0.25, 0.3) is 0 Å². The van der Waals surface area contributed by atoms with Crippen molar-refractivity contribution in [2.45, 2.75) is 24.9 Å². The van der Waals surface area contributed by atoms with Crippen molar-refractivity contribution < 1.29 is 9.59 Å². The van der Waals surface area contributed by atoms with Crippen LogP contribution in [0.2, 0.25) is 0 Å². The molecule has 0 aromatic carbocycles. The Morgan fingerprint density at radius 1 is 0.800 bits per heavy atom. The van der Waals surface area contributed by atoms with Crippen LogP contribution < -0.4 is 10.6 Å². The SMILES string of the molecule is C=CCC(/C=C/C(CC=C)NC(=O)C=C)NC(=O)C=C. The van der Waals surface area contributed by atoms with Crippen LogP contribution in [-0.4, -0.2) is 23.9 Å². The summed E-state index contributed by atoms with van der Waals surface area (Å²) in [5, 5.41) is 5.52. The van der Waals surface area contributed by atoms with Gasteiger partial charge >= 0.3 is 0 Å². The lowest BCUT2D eigenvalue weighted by molar-refractivity contribution is -0.117. The van der Waals surface area contributed by atoms with E-state index < -0.39 is 0 Å². The number of nitrogens with one attached hydrogen (secondary N) is 2. The van der Waals surface area contributed by atoms with Crippen molar-refractivity contribution in [3.05, 3.63) is 62.8 Å². The van der Waals surface area contributed by atoms with Crippen molar-refractivity contribution in [2.24, 2.45) is 0 Å². The van der Waals surface area contributed by atoms with Gasteiger partial charge < -0.3 is 10.6 Å². The topological polar surface area (TPSA) is 58.2 Å². The molecule has 2 atom stereocenters. The van der Waals surface area contributed by atoms with E-state index in [4.69, 9.17) is 0 Å². The number of rotatable bonds is 10. The van der Waals surface area contributed by atoms with Gasteiger partial charge in [-0.25, -0.2) is 0 Å². The van der Waals surface area contributed by atoms with Crippen molar-refractivity contribution in [1.29, 1.82) is 0 Å². The molecule has 0 rings (SSSR count). The van der Waals surface area contributed by atoms with Crippen molar-refractivity contribution in [3.8, 4) is 0 Å². The second-order valence-corrected chi connectivity index (χ2v) is 4.07. The zero-order chi connectivity index (χ0) is 15.4. The van der Waals surface area contributed by atoms with E-state index in [0.29, 0.717) is 12.8 Å². The fraction of sp³-hybridized carbons (Fsp3) is 0.250. The lowest BCUT2D eigenvalue weighted by Gasteiger charge is -2.15. The van der Waals surface area contributed by atoms with Gasteiger partial charge in [-0.3, -0.25) is 9.59 Å². The van der Waals surface area contributed by atoms with Gasteiger partial charge in [-0.2, -0.15) is 0 Å². The van der Waals surface area contributed by atoms with Gasteiger partial charge in [-0.15, -0.1) is 13.2 Å². The second kappa shape index (κ2) is 10.6. The molecule has 20 heavy (non-hydrogen) atoms. The molecule has 0 aliphatic rings. The summed E-state index contributed by atoms with van der Waals surface area (Å²) >= 11 is 0. The molecule has 108 valence electrons. The average Bonchev–Trinajstić information content (AvgIpc) is 2.44. The maximum atomic E-state index is 11.3. The highest BCUT2D eigenvalue weighted by Gasteiger charge is 2.08. The Labute approximate surface area is 120 Å². The molecule has 0 aromatic heterocycles. The van der Waals surface area contributed by atoms with Gasteiger partial charge in [0.05, 0.1) is 12.1 Å². The molecule has 0 aliphatic heterocycles. The van der Waals surface area contributed by atoms with E-state index in [2.05, 4.69) is 36.9 Å². The third-order valence-electron chi connectivity index (χ3n) is 2.44. The van der Waals surface area contributed by atoms with Crippen LogP contribution in [0.1, 0.15) is 12.8 Å². The largest absolute Gasteiger partial charge is 0.346 e. The molecule has 0 radical (unpaired) electrons. The molecule has 0 bridgehead atoms. The molecule has 2 amide bonds. The maximum Gasteiger partial charge on any atom is 0.243 e. The van der Waals surface area contributed by atoms with E-state index in [1.54, 1.807) is 12.2 Å². The average molecular weight is 274 g/mol. The molecule has 0 spiro atoms. The van der Waals surface area contributed by atoms with Gasteiger partial charge in [-0.1, -0.05) is 37.5 Å². The smallest absolute Gasteiger partial charge is 0.243 e. The van der Waals surface area contributed by atoms with Crippen LogP contribution in [-0.2, 0) is 9.59 Å². The monoisotopic (exact) mass is 274 g/mol. The number of hydrogen-bond donors (Lipinski definition) is 2. The quantitative estimate of drug-likeness (QED) is 0.473. The summed E-state index contributed by atoms with van der Waals surface area (Å²) in [4.78, 5) is 22.6. The van der Waals surface area contributed by atoms with E-state index >= 15 is 0 Å². The Kier molecular flexibility index (Phi) is 9.31. The van der Waals surface area contributed by atoms with Crippen LogP contribution in [0, 0.1) is 0 Å². The molecule has 2 unspecified atom stereocenters. The minimum Gasteiger partial charge on any atom is -0.346 e. The summed E-state index contributed by atoms with van der Waals surface area (Å²) in [5.74, 6) is -0.506.